The summed E-state index contributed by atoms with van der Waals surface area (Å²) in [6.07, 6.45) is 1.57. The van der Waals surface area contributed by atoms with Crippen LogP contribution in [0.1, 0.15) is 95.9 Å². The first-order valence-electron chi connectivity index (χ1n) is 11.7. The molecule has 2 N–H and O–H groups in total. The average molecular weight is 714 g/mol. The molecule has 0 spiro atoms. The molecule has 0 aliphatic rings. The second-order valence-corrected chi connectivity index (χ2v) is 49.1. The molecule has 0 saturated heterocycles. The second kappa shape index (κ2) is 11.4. The van der Waals surface area contributed by atoms with E-state index in [1.165, 1.54) is 0 Å². The average Bonchev–Trinajstić information content (AvgIpc) is 2.47. The van der Waals surface area contributed by atoms with Gasteiger partial charge in [0.2, 0.25) is 0 Å². The first-order chi connectivity index (χ1) is 14.9. The van der Waals surface area contributed by atoms with Crippen LogP contribution >= 0.6 is 30.0 Å². The fourth-order valence-corrected chi connectivity index (χ4v) is 88.3. The standard InChI is InChI=1S/2C11H25O3PS.2ClH.Pd/c2*1-10(2,3)15(11(4,5)6)8-7-9-16(12,13)14;;;/h2*7-9H2,1-6H3,(H,12,13,14);2*1H;/q;;;;+2/p-2. The second-order valence-electron chi connectivity index (χ2n) is 13.1. The van der Waals surface area contributed by atoms with Crippen molar-refractivity contribution in [1.29, 1.82) is 0 Å². The topological polar surface area (TPSA) is 109 Å². The van der Waals surface area contributed by atoms with Crippen molar-refractivity contribution in [2.75, 3.05) is 23.8 Å². The van der Waals surface area contributed by atoms with E-state index < -0.39 is 43.6 Å². The molecule has 0 fully saturated rings. The Morgan fingerprint density at radius 1 is 0.571 bits per heavy atom. The van der Waals surface area contributed by atoms with Crippen LogP contribution in [0.3, 0.4) is 0 Å². The zero-order valence-electron chi connectivity index (χ0n) is 23.6. The molecule has 0 bridgehead atoms. The fourth-order valence-electron chi connectivity index (χ4n) is 5.64. The molecule has 0 heterocycles. The molecule has 0 aromatic heterocycles. The Labute approximate surface area is 227 Å². The van der Waals surface area contributed by atoms with Crippen LogP contribution in [0.15, 0.2) is 0 Å². The first kappa shape index (κ1) is 36.9. The van der Waals surface area contributed by atoms with E-state index in [-0.39, 0.29) is 45.0 Å². The zero-order chi connectivity index (χ0) is 28.7. The van der Waals surface area contributed by atoms with Crippen molar-refractivity contribution in [3.05, 3.63) is 0 Å². The Morgan fingerprint density at radius 2 is 0.771 bits per heavy atom. The van der Waals surface area contributed by atoms with E-state index in [1.807, 2.05) is 0 Å². The summed E-state index contributed by atoms with van der Waals surface area (Å²) in [5.74, 6) is -0.694. The molecule has 0 unspecified atom stereocenters. The van der Waals surface area contributed by atoms with Crippen LogP contribution in [0.4, 0.5) is 0 Å². The summed E-state index contributed by atoms with van der Waals surface area (Å²) < 4.78 is 65.6. The number of hydrogen-bond donors (Lipinski definition) is 2. The summed E-state index contributed by atoms with van der Waals surface area (Å²) in [5, 5.41) is -1.29. The molecule has 0 aliphatic carbocycles. The summed E-state index contributed by atoms with van der Waals surface area (Å²) in [5.41, 5.74) is -4.81. The predicted molar refractivity (Wildman–Crippen MR) is 156 cm³/mol. The molecule has 6 nitrogen and oxygen atoms in total. The molecule has 35 heavy (non-hydrogen) atoms. The molecule has 0 aromatic rings. The maximum absolute atomic E-state index is 11.7. The minimum atomic E-state index is -4.14. The molecule has 0 aromatic carbocycles. The van der Waals surface area contributed by atoms with E-state index in [9.17, 15) is 25.9 Å². The van der Waals surface area contributed by atoms with Crippen LogP contribution in [0, 0.1) is 0 Å². The van der Waals surface area contributed by atoms with Gasteiger partial charge in [0.05, 0.1) is 0 Å². The Kier molecular flexibility index (Phi) is 12.1. The van der Waals surface area contributed by atoms with E-state index >= 15 is 0 Å². The first-order valence-corrected chi connectivity index (χ1v) is 26.7. The van der Waals surface area contributed by atoms with Crippen LogP contribution in [-0.2, 0) is 32.7 Å². The number of rotatable bonds is 10. The van der Waals surface area contributed by atoms with Crippen LogP contribution < -0.4 is 0 Å². The van der Waals surface area contributed by atoms with Crippen LogP contribution in [0.25, 0.3) is 0 Å². The Balaban J connectivity index is 7.56. The third kappa shape index (κ3) is 7.99. The molecular formula is C22H50Cl2O6P2PdS2. The third-order valence-electron chi connectivity index (χ3n) is 6.38. The van der Waals surface area contributed by atoms with Gasteiger partial charge < -0.3 is 0 Å². The van der Waals surface area contributed by atoms with E-state index in [1.54, 1.807) is 0 Å². The summed E-state index contributed by atoms with van der Waals surface area (Å²) in [6, 6.07) is 0. The van der Waals surface area contributed by atoms with Gasteiger partial charge in [0.15, 0.2) is 0 Å². The molecule has 0 atom stereocenters. The normalized spacial score (nSPS) is 16.5. The van der Waals surface area contributed by atoms with Crippen LogP contribution in [0.2, 0.25) is 0 Å². The monoisotopic (exact) mass is 712 g/mol. The molecule has 0 aliphatic heterocycles. The molecule has 0 saturated carbocycles. The van der Waals surface area contributed by atoms with E-state index in [2.05, 4.69) is 83.1 Å². The van der Waals surface area contributed by atoms with Gasteiger partial charge in [0.1, 0.15) is 0 Å². The van der Waals surface area contributed by atoms with E-state index in [0.29, 0.717) is 12.3 Å². The molecule has 0 amide bonds. The number of hydrogen-bond acceptors (Lipinski definition) is 4. The minimum absolute atomic E-state index is 0.261. The van der Waals surface area contributed by atoms with Crippen molar-refractivity contribution in [2.45, 2.75) is 117 Å². The maximum atomic E-state index is 11.7. The van der Waals surface area contributed by atoms with E-state index in [4.69, 9.17) is 19.1 Å². The van der Waals surface area contributed by atoms with Crippen molar-refractivity contribution >= 4 is 50.2 Å². The summed E-state index contributed by atoms with van der Waals surface area (Å²) in [6.45, 7) is 25.7. The van der Waals surface area contributed by atoms with Crippen LogP contribution in [0.5, 0.6) is 0 Å². The quantitative estimate of drug-likeness (QED) is 0.135. The summed E-state index contributed by atoms with van der Waals surface area (Å²) in [4.78, 5) is 0. The van der Waals surface area contributed by atoms with Crippen molar-refractivity contribution < 1.29 is 38.4 Å². The Morgan fingerprint density at radius 3 is 0.914 bits per heavy atom. The van der Waals surface area contributed by atoms with Gasteiger partial charge in [-0.1, -0.05) is 0 Å². The molecule has 220 valence electrons. The van der Waals surface area contributed by atoms with E-state index in [0.717, 1.165) is 0 Å². The van der Waals surface area contributed by atoms with Crippen molar-refractivity contribution in [1.82, 2.24) is 0 Å². The third-order valence-corrected chi connectivity index (χ3v) is 62.9. The van der Waals surface area contributed by atoms with Crippen molar-refractivity contribution in [3.63, 3.8) is 0 Å². The fraction of sp³-hybridized carbons (Fsp3) is 1.00. The van der Waals surface area contributed by atoms with Gasteiger partial charge in [-0.2, -0.15) is 0 Å². The van der Waals surface area contributed by atoms with Crippen LogP contribution in [-0.4, -0.2) is 70.4 Å². The zero-order valence-corrected chi connectivity index (χ0v) is 30.0. The van der Waals surface area contributed by atoms with Gasteiger partial charge in [-0.3, -0.25) is 0 Å². The molecule has 0 rings (SSSR count). The van der Waals surface area contributed by atoms with Gasteiger partial charge in [0.25, 0.3) is 0 Å². The van der Waals surface area contributed by atoms with Gasteiger partial charge in [-0.05, 0) is 0 Å². The van der Waals surface area contributed by atoms with Crippen molar-refractivity contribution in [3.8, 4) is 0 Å². The van der Waals surface area contributed by atoms with Gasteiger partial charge in [-0.15, -0.1) is 0 Å². The Hall–Kier alpha value is 1.92. The summed E-state index contributed by atoms with van der Waals surface area (Å²) >= 11 is -3.55. The SMILES string of the molecule is CC(C)(C)[P+](CCCS(=O)(=O)O)(C(C)(C)C)[Pd-2]([Cl])([Cl])[P+](CCCS(=O)(=O)O)(C(C)(C)C)C(C)(C)C. The predicted octanol–water partition coefficient (Wildman–Crippen LogP) is 8.06. The molecule has 13 heteroatoms. The Bertz CT molecular complexity index is 838. The molecule has 0 radical (unpaired) electrons. The van der Waals surface area contributed by atoms with Crippen molar-refractivity contribution in [2.24, 2.45) is 0 Å². The summed E-state index contributed by atoms with van der Waals surface area (Å²) in [7, 11) is 7.74. The number of halogens is 2. The van der Waals surface area contributed by atoms with Gasteiger partial charge in [-0.25, -0.2) is 0 Å². The van der Waals surface area contributed by atoms with Gasteiger partial charge >= 0.3 is 229 Å². The molecular weight excluding hydrogens is 664 g/mol. The van der Waals surface area contributed by atoms with Gasteiger partial charge in [0, 0.05) is 0 Å².